The van der Waals surface area contributed by atoms with Crippen molar-refractivity contribution >= 4 is 28.5 Å². The van der Waals surface area contributed by atoms with Gasteiger partial charge in [-0.15, -0.1) is 0 Å². The Hall–Kier alpha value is -2.68. The number of nitrogens with zero attached hydrogens (tertiary/aromatic N) is 5. The second-order valence-electron chi connectivity index (χ2n) is 10.8. The van der Waals surface area contributed by atoms with E-state index in [1.165, 1.54) is 10.1 Å². The van der Waals surface area contributed by atoms with Gasteiger partial charge in [0.1, 0.15) is 22.0 Å². The molecule has 0 bridgehead atoms. The Morgan fingerprint density at radius 2 is 1.74 bits per heavy atom. The van der Waals surface area contributed by atoms with Gasteiger partial charge >= 0.3 is 5.69 Å². The maximum absolute atomic E-state index is 12.8. The molecule has 1 aliphatic rings. The Kier molecular flexibility index (Phi) is 8.65. The predicted molar refractivity (Wildman–Crippen MR) is 153 cm³/mol. The molecule has 9 heteroatoms. The van der Waals surface area contributed by atoms with Gasteiger partial charge in [0.2, 0.25) is 0 Å². The van der Waals surface area contributed by atoms with Gasteiger partial charge in [-0.3, -0.25) is 9.47 Å². The molecule has 8 nitrogen and oxygen atoms in total. The molecule has 0 amide bonds. The first-order valence-electron chi connectivity index (χ1n) is 13.4. The van der Waals surface area contributed by atoms with Crippen LogP contribution in [-0.2, 0) is 11.8 Å². The fourth-order valence-corrected chi connectivity index (χ4v) is 5.65. The van der Waals surface area contributed by atoms with E-state index in [2.05, 4.69) is 52.7 Å². The second-order valence-corrected chi connectivity index (χ2v) is 11.2. The van der Waals surface area contributed by atoms with Crippen LogP contribution in [0, 0.1) is 0 Å². The maximum atomic E-state index is 12.8. The van der Waals surface area contributed by atoms with Crippen LogP contribution in [0.15, 0.2) is 41.2 Å². The van der Waals surface area contributed by atoms with Crippen molar-refractivity contribution in [3.8, 4) is 5.75 Å². The normalized spacial score (nSPS) is 19.6. The van der Waals surface area contributed by atoms with Crippen molar-refractivity contribution in [2.75, 3.05) is 31.7 Å². The molecule has 0 aliphatic carbocycles. The summed E-state index contributed by atoms with van der Waals surface area (Å²) in [5.41, 5.74) is 1.97. The average molecular weight is 542 g/mol. The molecule has 1 aliphatic heterocycles. The summed E-state index contributed by atoms with van der Waals surface area (Å²) >= 11 is 6.27. The number of pyridine rings is 1. The molecule has 206 valence electrons. The highest BCUT2D eigenvalue weighted by Crippen LogP contribution is 2.34. The van der Waals surface area contributed by atoms with Crippen molar-refractivity contribution in [2.45, 2.75) is 71.2 Å². The summed E-state index contributed by atoms with van der Waals surface area (Å²) in [6, 6.07) is 12.6. The van der Waals surface area contributed by atoms with Crippen LogP contribution in [0.4, 0.5) is 5.82 Å². The number of methoxy groups -OCH3 is 1. The molecule has 3 aromatic rings. The largest absolute Gasteiger partial charge is 0.485 e. The molecule has 0 spiro atoms. The van der Waals surface area contributed by atoms with Gasteiger partial charge in [-0.1, -0.05) is 37.6 Å². The zero-order chi connectivity index (χ0) is 27.6. The Morgan fingerprint density at radius 1 is 1.05 bits per heavy atom. The van der Waals surface area contributed by atoms with Crippen LogP contribution in [0.1, 0.15) is 59.1 Å². The summed E-state index contributed by atoms with van der Waals surface area (Å²) in [5, 5.41) is 0.393. The Labute approximate surface area is 230 Å². The van der Waals surface area contributed by atoms with Gasteiger partial charge in [-0.25, -0.2) is 9.78 Å². The summed E-state index contributed by atoms with van der Waals surface area (Å²) in [7, 11) is 3.41. The maximum Gasteiger partial charge on any atom is 0.349 e. The van der Waals surface area contributed by atoms with E-state index in [1.807, 2.05) is 32.0 Å². The summed E-state index contributed by atoms with van der Waals surface area (Å²) < 4.78 is 12.9. The summed E-state index contributed by atoms with van der Waals surface area (Å²) in [6.45, 7) is 12.8. The molecule has 1 fully saturated rings. The molecule has 2 unspecified atom stereocenters. The molecule has 0 radical (unpaired) electrons. The lowest BCUT2D eigenvalue weighted by Crippen LogP contribution is -2.59. The Bertz CT molecular complexity index is 1310. The quantitative estimate of drug-likeness (QED) is 0.344. The van der Waals surface area contributed by atoms with Crippen molar-refractivity contribution < 1.29 is 9.47 Å². The Balaban J connectivity index is 1.61. The molecular weight excluding hydrogens is 502 g/mol. The molecule has 2 aromatic heterocycles. The number of aromatic nitrogens is 3. The summed E-state index contributed by atoms with van der Waals surface area (Å²) in [6.07, 6.45) is 1.89. The monoisotopic (exact) mass is 541 g/mol. The van der Waals surface area contributed by atoms with E-state index in [0.29, 0.717) is 23.1 Å². The van der Waals surface area contributed by atoms with Crippen LogP contribution in [0.2, 0.25) is 5.15 Å². The second kappa shape index (κ2) is 11.6. The van der Waals surface area contributed by atoms with Crippen LogP contribution in [0.5, 0.6) is 5.75 Å². The lowest BCUT2D eigenvalue weighted by molar-refractivity contribution is 0.0180. The minimum atomic E-state index is -0.393. The van der Waals surface area contributed by atoms with Crippen LogP contribution < -0.4 is 15.3 Å². The topological polar surface area (TPSA) is 72.7 Å². The number of hydrogen-bond acceptors (Lipinski definition) is 7. The molecule has 3 heterocycles. The zero-order valence-electron chi connectivity index (χ0n) is 23.6. The highest BCUT2D eigenvalue weighted by atomic mass is 35.5. The molecular formula is C29H40ClN5O3. The number of hydrogen-bond donors (Lipinski definition) is 0. The highest BCUT2D eigenvalue weighted by molar-refractivity contribution is 6.29. The predicted octanol–water partition coefficient (Wildman–Crippen LogP) is 5.23. The van der Waals surface area contributed by atoms with Crippen LogP contribution >= 0.6 is 11.6 Å². The molecule has 1 aromatic carbocycles. The van der Waals surface area contributed by atoms with Gasteiger partial charge in [0.25, 0.3) is 0 Å². The fourth-order valence-electron chi connectivity index (χ4n) is 5.51. The molecule has 38 heavy (non-hydrogen) atoms. The number of halogens is 1. The standard InChI is InChI=1S/C29H40ClN5O3/c1-8-21-17-35(27-26-24(14-15-25(30)31-26)33(6)28(36)32-27)22(9-2)16-34(21)19(3)20-10-12-23(13-11-20)38-29(4,5)18-37-7/h10-15,19,21-22H,8-9,16-18H2,1-7H3/t19?,21?,22-/m0/s1. The van der Waals surface area contributed by atoms with E-state index in [0.717, 1.165) is 37.2 Å². The van der Waals surface area contributed by atoms with E-state index in [4.69, 9.17) is 21.1 Å². The minimum Gasteiger partial charge on any atom is -0.485 e. The lowest BCUT2D eigenvalue weighted by atomic mass is 9.97. The molecule has 1 saturated heterocycles. The lowest BCUT2D eigenvalue weighted by Gasteiger charge is -2.49. The molecule has 0 saturated carbocycles. The van der Waals surface area contributed by atoms with Gasteiger partial charge < -0.3 is 14.4 Å². The molecule has 4 rings (SSSR count). The first kappa shape index (κ1) is 28.3. The highest BCUT2D eigenvalue weighted by Gasteiger charge is 2.37. The first-order chi connectivity index (χ1) is 18.1. The van der Waals surface area contributed by atoms with E-state index in [1.54, 1.807) is 20.2 Å². The number of fused-ring (bicyclic) bond motifs is 1. The van der Waals surface area contributed by atoms with Crippen molar-refractivity contribution in [3.05, 3.63) is 57.6 Å². The summed E-state index contributed by atoms with van der Waals surface area (Å²) in [5.74, 6) is 1.46. The van der Waals surface area contributed by atoms with Crippen molar-refractivity contribution in [2.24, 2.45) is 7.05 Å². The third kappa shape index (κ3) is 5.82. The summed E-state index contributed by atoms with van der Waals surface area (Å²) in [4.78, 5) is 26.7. The third-order valence-corrected chi connectivity index (χ3v) is 7.81. The number of ether oxygens (including phenoxy) is 2. The molecule has 0 N–H and O–H groups in total. The number of piperazine rings is 1. The fraction of sp³-hybridized carbons (Fsp3) is 0.552. The van der Waals surface area contributed by atoms with Crippen LogP contribution in [0.25, 0.3) is 11.0 Å². The van der Waals surface area contributed by atoms with Gasteiger partial charge in [0.05, 0.1) is 12.1 Å². The Morgan fingerprint density at radius 3 is 2.37 bits per heavy atom. The smallest absolute Gasteiger partial charge is 0.349 e. The number of anilines is 1. The first-order valence-corrected chi connectivity index (χ1v) is 13.8. The SMILES string of the molecule is CCC1CN(c2nc(=O)n(C)c3ccc(Cl)nc23)[C@@H](CC)CN1C(C)c1ccc(OC(C)(C)COC)cc1. The molecule has 3 atom stereocenters. The van der Waals surface area contributed by atoms with Gasteiger partial charge in [0.15, 0.2) is 5.82 Å². The van der Waals surface area contributed by atoms with Crippen molar-refractivity contribution in [1.29, 1.82) is 0 Å². The van der Waals surface area contributed by atoms with E-state index in [9.17, 15) is 4.79 Å². The number of aryl methyl sites for hydroxylation is 1. The van der Waals surface area contributed by atoms with Crippen molar-refractivity contribution in [1.82, 2.24) is 19.4 Å². The third-order valence-electron chi connectivity index (χ3n) is 7.60. The zero-order valence-corrected chi connectivity index (χ0v) is 24.3. The number of rotatable bonds is 9. The van der Waals surface area contributed by atoms with Crippen LogP contribution in [0.3, 0.4) is 0 Å². The van der Waals surface area contributed by atoms with Gasteiger partial charge in [-0.05, 0) is 63.4 Å². The van der Waals surface area contributed by atoms with E-state index < -0.39 is 5.60 Å². The van der Waals surface area contributed by atoms with Crippen LogP contribution in [-0.4, -0.2) is 63.9 Å². The van der Waals surface area contributed by atoms with E-state index in [-0.39, 0.29) is 23.8 Å². The minimum absolute atomic E-state index is 0.182. The van der Waals surface area contributed by atoms with E-state index >= 15 is 0 Å². The van der Waals surface area contributed by atoms with Gasteiger partial charge in [-0.2, -0.15) is 4.98 Å². The van der Waals surface area contributed by atoms with Gasteiger partial charge in [0, 0.05) is 45.4 Å². The number of benzene rings is 1. The van der Waals surface area contributed by atoms with Crippen molar-refractivity contribution in [3.63, 3.8) is 0 Å². The average Bonchev–Trinajstić information content (AvgIpc) is 2.89.